The van der Waals surface area contributed by atoms with Gasteiger partial charge < -0.3 is 16.0 Å². The summed E-state index contributed by atoms with van der Waals surface area (Å²) in [4.78, 5) is 26.4. The third-order valence-corrected chi connectivity index (χ3v) is 4.13. The number of carbonyl (C=O) groups excluding carboxylic acids is 2. The summed E-state index contributed by atoms with van der Waals surface area (Å²) in [7, 11) is 0. The molecule has 22 heavy (non-hydrogen) atoms. The molecule has 0 aromatic heterocycles. The molecule has 2 amide bonds. The molecule has 0 radical (unpaired) electrons. The number of anilines is 1. The second kappa shape index (κ2) is 6.48. The van der Waals surface area contributed by atoms with E-state index in [4.69, 9.17) is 5.73 Å². The summed E-state index contributed by atoms with van der Waals surface area (Å²) in [5, 5.41) is 2.93. The van der Waals surface area contributed by atoms with Crippen molar-refractivity contribution in [3.63, 3.8) is 0 Å². The summed E-state index contributed by atoms with van der Waals surface area (Å²) in [6, 6.07) is 7.86. The number of hydrogen-bond acceptors (Lipinski definition) is 3. The van der Waals surface area contributed by atoms with E-state index in [0.29, 0.717) is 13.1 Å². The number of hydrogen-bond donors (Lipinski definition) is 2. The van der Waals surface area contributed by atoms with Crippen molar-refractivity contribution in [3.05, 3.63) is 29.8 Å². The average Bonchev–Trinajstić information content (AvgIpc) is 2.89. The van der Waals surface area contributed by atoms with E-state index in [9.17, 15) is 9.59 Å². The first-order valence-corrected chi connectivity index (χ1v) is 7.78. The van der Waals surface area contributed by atoms with E-state index in [2.05, 4.69) is 12.2 Å². The number of aryl methyl sites for hydroxylation is 1. The number of nitrogens with zero attached hydrogens (tertiary/aromatic N) is 1. The van der Waals surface area contributed by atoms with Crippen molar-refractivity contribution in [3.8, 4) is 0 Å². The van der Waals surface area contributed by atoms with Crippen molar-refractivity contribution in [1.82, 2.24) is 5.32 Å². The zero-order valence-corrected chi connectivity index (χ0v) is 13.6. The molecule has 1 aromatic rings. The molecular formula is C17H25N3O2. The maximum Gasteiger partial charge on any atom is 0.227 e. The Morgan fingerprint density at radius 2 is 2.09 bits per heavy atom. The van der Waals surface area contributed by atoms with E-state index in [1.807, 2.05) is 38.1 Å². The number of amides is 2. The van der Waals surface area contributed by atoms with Gasteiger partial charge in [0, 0.05) is 30.7 Å². The molecule has 5 nitrogen and oxygen atoms in total. The zero-order valence-electron chi connectivity index (χ0n) is 13.6. The smallest absolute Gasteiger partial charge is 0.227 e. The van der Waals surface area contributed by atoms with Crippen molar-refractivity contribution in [2.75, 3.05) is 18.0 Å². The first kappa shape index (κ1) is 16.5. The fraction of sp³-hybridized carbons (Fsp3) is 0.529. The average molecular weight is 303 g/mol. The second-order valence-corrected chi connectivity index (χ2v) is 6.46. The van der Waals surface area contributed by atoms with E-state index in [0.717, 1.165) is 17.7 Å². The zero-order chi connectivity index (χ0) is 16.3. The molecule has 1 unspecified atom stereocenters. The molecule has 5 heteroatoms. The molecule has 1 saturated heterocycles. The highest BCUT2D eigenvalue weighted by Crippen LogP contribution is 2.28. The Labute approximate surface area is 131 Å². The Morgan fingerprint density at radius 3 is 2.73 bits per heavy atom. The molecule has 0 saturated carbocycles. The van der Waals surface area contributed by atoms with E-state index < -0.39 is 5.54 Å². The van der Waals surface area contributed by atoms with Gasteiger partial charge in [0.25, 0.3) is 0 Å². The largest absolute Gasteiger partial charge is 0.350 e. The maximum absolute atomic E-state index is 12.4. The molecule has 1 aromatic carbocycles. The molecule has 120 valence electrons. The Morgan fingerprint density at radius 1 is 1.41 bits per heavy atom. The molecule has 0 spiro atoms. The molecule has 1 atom stereocenters. The van der Waals surface area contributed by atoms with E-state index in [1.54, 1.807) is 4.90 Å². The number of carbonyl (C=O) groups is 2. The van der Waals surface area contributed by atoms with Crippen LogP contribution in [0.2, 0.25) is 0 Å². The van der Waals surface area contributed by atoms with Gasteiger partial charge in [0.15, 0.2) is 0 Å². The fourth-order valence-electron chi connectivity index (χ4n) is 2.68. The minimum absolute atomic E-state index is 0.00612. The predicted octanol–water partition coefficient (Wildman–Crippen LogP) is 1.46. The Balaban J connectivity index is 2.12. The van der Waals surface area contributed by atoms with Gasteiger partial charge in [0.05, 0.1) is 5.92 Å². The highest BCUT2D eigenvalue weighted by atomic mass is 16.2. The normalized spacial score (nSPS) is 18.6. The lowest BCUT2D eigenvalue weighted by atomic mass is 10.0. The lowest BCUT2D eigenvalue weighted by molar-refractivity contribution is -0.127. The Kier molecular flexibility index (Phi) is 4.86. The van der Waals surface area contributed by atoms with Crippen LogP contribution >= 0.6 is 0 Å². The number of nitrogens with two attached hydrogens (primary N) is 1. The molecule has 0 bridgehead atoms. The molecular weight excluding hydrogens is 278 g/mol. The summed E-state index contributed by atoms with van der Waals surface area (Å²) in [5.74, 6) is -0.407. The molecule has 1 heterocycles. The lowest BCUT2D eigenvalue weighted by Crippen LogP contribution is -2.51. The summed E-state index contributed by atoms with van der Waals surface area (Å²) in [5.41, 5.74) is 7.24. The number of benzene rings is 1. The van der Waals surface area contributed by atoms with Crippen LogP contribution in [0, 0.1) is 5.92 Å². The van der Waals surface area contributed by atoms with Crippen molar-refractivity contribution < 1.29 is 9.59 Å². The van der Waals surface area contributed by atoms with Crippen LogP contribution in [0.5, 0.6) is 0 Å². The van der Waals surface area contributed by atoms with Crippen LogP contribution in [-0.2, 0) is 16.0 Å². The van der Waals surface area contributed by atoms with Crippen LogP contribution in [0.25, 0.3) is 0 Å². The first-order chi connectivity index (χ1) is 10.4. The molecule has 1 aliphatic heterocycles. The third kappa shape index (κ3) is 3.47. The van der Waals surface area contributed by atoms with E-state index >= 15 is 0 Å². The quantitative estimate of drug-likeness (QED) is 0.864. The minimum atomic E-state index is -0.450. The fourth-order valence-corrected chi connectivity index (χ4v) is 2.68. The van der Waals surface area contributed by atoms with Crippen LogP contribution in [-0.4, -0.2) is 30.4 Å². The highest BCUT2D eigenvalue weighted by molar-refractivity contribution is 6.00. The SMILES string of the molecule is CCc1ccccc1N1CC(C(=O)NC(C)(C)CN)CC1=O. The van der Waals surface area contributed by atoms with Crippen LogP contribution in [0.15, 0.2) is 24.3 Å². The predicted molar refractivity (Wildman–Crippen MR) is 87.6 cm³/mol. The number of rotatable bonds is 5. The molecule has 3 N–H and O–H groups in total. The summed E-state index contributed by atoms with van der Waals surface area (Å²) in [6.07, 6.45) is 1.11. The van der Waals surface area contributed by atoms with Gasteiger partial charge in [-0.05, 0) is 31.9 Å². The van der Waals surface area contributed by atoms with Crippen molar-refractivity contribution in [2.24, 2.45) is 11.7 Å². The minimum Gasteiger partial charge on any atom is -0.350 e. The van der Waals surface area contributed by atoms with Crippen molar-refractivity contribution in [2.45, 2.75) is 39.2 Å². The van der Waals surface area contributed by atoms with Gasteiger partial charge in [-0.3, -0.25) is 9.59 Å². The monoisotopic (exact) mass is 303 g/mol. The maximum atomic E-state index is 12.4. The standard InChI is InChI=1S/C17H25N3O2/c1-4-12-7-5-6-8-14(12)20-10-13(9-15(20)21)16(22)19-17(2,3)11-18/h5-8,13H,4,9-11,18H2,1-3H3,(H,19,22). The van der Waals surface area contributed by atoms with Crippen molar-refractivity contribution in [1.29, 1.82) is 0 Å². The van der Waals surface area contributed by atoms with Gasteiger partial charge in [-0.2, -0.15) is 0 Å². The van der Waals surface area contributed by atoms with Crippen molar-refractivity contribution >= 4 is 17.5 Å². The van der Waals surface area contributed by atoms with Crippen LogP contribution in [0.1, 0.15) is 32.8 Å². The number of nitrogens with one attached hydrogen (secondary N) is 1. The van der Waals surface area contributed by atoms with Gasteiger partial charge in [-0.25, -0.2) is 0 Å². The third-order valence-electron chi connectivity index (χ3n) is 4.13. The second-order valence-electron chi connectivity index (χ2n) is 6.46. The van der Waals surface area contributed by atoms with Gasteiger partial charge >= 0.3 is 0 Å². The van der Waals surface area contributed by atoms with Gasteiger partial charge in [-0.15, -0.1) is 0 Å². The number of para-hydroxylation sites is 1. The van der Waals surface area contributed by atoms with Crippen LogP contribution in [0.4, 0.5) is 5.69 Å². The topological polar surface area (TPSA) is 75.4 Å². The summed E-state index contributed by atoms with van der Waals surface area (Å²) < 4.78 is 0. The molecule has 1 fully saturated rings. The van der Waals surface area contributed by atoms with E-state index in [-0.39, 0.29) is 24.2 Å². The highest BCUT2D eigenvalue weighted by Gasteiger charge is 2.37. The lowest BCUT2D eigenvalue weighted by Gasteiger charge is -2.26. The molecule has 0 aliphatic carbocycles. The van der Waals surface area contributed by atoms with Gasteiger partial charge in [0.2, 0.25) is 11.8 Å². The molecule has 1 aliphatic rings. The van der Waals surface area contributed by atoms with Gasteiger partial charge in [0.1, 0.15) is 0 Å². The first-order valence-electron chi connectivity index (χ1n) is 7.78. The molecule has 2 rings (SSSR count). The summed E-state index contributed by atoms with van der Waals surface area (Å²) in [6.45, 7) is 6.62. The Bertz CT molecular complexity index is 569. The summed E-state index contributed by atoms with van der Waals surface area (Å²) >= 11 is 0. The van der Waals surface area contributed by atoms with Gasteiger partial charge in [-0.1, -0.05) is 25.1 Å². The Hall–Kier alpha value is -1.88. The van der Waals surface area contributed by atoms with Crippen LogP contribution < -0.4 is 16.0 Å². The van der Waals surface area contributed by atoms with E-state index in [1.165, 1.54) is 0 Å². The van der Waals surface area contributed by atoms with Crippen LogP contribution in [0.3, 0.4) is 0 Å².